The minimum Gasteiger partial charge on any atom is -0.367 e. The van der Waals surface area contributed by atoms with Crippen molar-refractivity contribution in [3.8, 4) is 0 Å². The van der Waals surface area contributed by atoms with Gasteiger partial charge in [-0.25, -0.2) is 10.8 Å². The smallest absolute Gasteiger partial charge is 0.240 e. The van der Waals surface area contributed by atoms with E-state index in [0.717, 1.165) is 16.0 Å². The third-order valence-corrected chi connectivity index (χ3v) is 3.96. The lowest BCUT2D eigenvalue weighted by Crippen LogP contribution is -2.17. The Balaban J connectivity index is 1.97. The lowest BCUT2D eigenvalue weighted by molar-refractivity contribution is 0.752. The second-order valence-electron chi connectivity index (χ2n) is 4.31. The Hall–Kier alpha value is -1.40. The summed E-state index contributed by atoms with van der Waals surface area (Å²) in [6.07, 6.45) is 5.05. The summed E-state index contributed by atoms with van der Waals surface area (Å²) in [7, 11) is 0. The Kier molecular flexibility index (Phi) is 2.82. The number of nitrogens with two attached hydrogens (primary N) is 1. The summed E-state index contributed by atoms with van der Waals surface area (Å²) in [5, 5.41) is 6.62. The minimum absolute atomic E-state index is 0.473. The molecule has 2 aromatic heterocycles. The highest BCUT2D eigenvalue weighted by atomic mass is 32.1. The number of fused-ring (bicyclic) bond motifs is 1. The molecular weight excluding hydrogens is 234 g/mol. The second-order valence-corrected chi connectivity index (χ2v) is 5.20. The van der Waals surface area contributed by atoms with Crippen LogP contribution in [0.3, 0.4) is 0 Å². The molecule has 0 amide bonds. The van der Waals surface area contributed by atoms with Crippen LogP contribution in [0.4, 0.5) is 11.8 Å². The zero-order chi connectivity index (χ0) is 11.7. The van der Waals surface area contributed by atoms with E-state index in [4.69, 9.17) is 5.84 Å². The second kappa shape index (κ2) is 4.46. The molecule has 0 radical (unpaired) electrons. The zero-order valence-corrected chi connectivity index (χ0v) is 10.3. The molecule has 1 aliphatic rings. The predicted molar refractivity (Wildman–Crippen MR) is 71.1 cm³/mol. The fraction of sp³-hybridized carbons (Fsp3) is 0.455. The maximum Gasteiger partial charge on any atom is 0.240 e. The summed E-state index contributed by atoms with van der Waals surface area (Å²) in [6.45, 7) is 0. The SMILES string of the molecule is NNc1nc(NC2CCCC2)c2ccsc2n1. The van der Waals surface area contributed by atoms with Gasteiger partial charge in [-0.15, -0.1) is 11.3 Å². The molecule has 0 bridgehead atoms. The molecule has 17 heavy (non-hydrogen) atoms. The van der Waals surface area contributed by atoms with Crippen molar-refractivity contribution in [2.75, 3.05) is 10.7 Å². The fourth-order valence-corrected chi connectivity index (χ4v) is 3.06. The third kappa shape index (κ3) is 2.05. The lowest BCUT2D eigenvalue weighted by Gasteiger charge is -2.14. The van der Waals surface area contributed by atoms with Gasteiger partial charge in [-0.3, -0.25) is 5.43 Å². The number of nitrogens with zero attached hydrogens (tertiary/aromatic N) is 2. The average molecular weight is 249 g/mol. The predicted octanol–water partition coefficient (Wildman–Crippen LogP) is 2.33. The number of nitrogen functional groups attached to an aromatic ring is 1. The number of hydrogen-bond acceptors (Lipinski definition) is 6. The maximum absolute atomic E-state index is 5.39. The van der Waals surface area contributed by atoms with Gasteiger partial charge in [-0.2, -0.15) is 4.98 Å². The molecule has 90 valence electrons. The Bertz CT molecular complexity index is 518. The maximum atomic E-state index is 5.39. The first-order chi connectivity index (χ1) is 8.36. The van der Waals surface area contributed by atoms with Crippen molar-refractivity contribution >= 4 is 33.3 Å². The van der Waals surface area contributed by atoms with Crippen molar-refractivity contribution in [2.45, 2.75) is 31.7 Å². The van der Waals surface area contributed by atoms with Crippen LogP contribution < -0.4 is 16.6 Å². The van der Waals surface area contributed by atoms with Gasteiger partial charge in [0.25, 0.3) is 0 Å². The van der Waals surface area contributed by atoms with Gasteiger partial charge in [0.2, 0.25) is 5.95 Å². The van der Waals surface area contributed by atoms with Crippen LogP contribution in [0.5, 0.6) is 0 Å². The highest BCUT2D eigenvalue weighted by molar-refractivity contribution is 7.16. The molecule has 1 aliphatic carbocycles. The van der Waals surface area contributed by atoms with Crippen molar-refractivity contribution in [3.05, 3.63) is 11.4 Å². The van der Waals surface area contributed by atoms with Gasteiger partial charge in [0.15, 0.2) is 0 Å². The van der Waals surface area contributed by atoms with Gasteiger partial charge in [-0.1, -0.05) is 12.8 Å². The molecule has 0 aromatic carbocycles. The van der Waals surface area contributed by atoms with E-state index < -0.39 is 0 Å². The Morgan fingerprint density at radius 1 is 1.29 bits per heavy atom. The van der Waals surface area contributed by atoms with E-state index in [1.807, 2.05) is 5.38 Å². The van der Waals surface area contributed by atoms with E-state index in [-0.39, 0.29) is 0 Å². The van der Waals surface area contributed by atoms with Gasteiger partial charge in [0.05, 0.1) is 5.39 Å². The summed E-state index contributed by atoms with van der Waals surface area (Å²) in [4.78, 5) is 9.69. The molecule has 0 spiro atoms. The van der Waals surface area contributed by atoms with Crippen LogP contribution in [-0.4, -0.2) is 16.0 Å². The first-order valence-electron chi connectivity index (χ1n) is 5.85. The molecular formula is C11H15N5S. The number of thiophene rings is 1. The molecule has 6 heteroatoms. The molecule has 0 unspecified atom stereocenters. The van der Waals surface area contributed by atoms with Gasteiger partial charge < -0.3 is 5.32 Å². The van der Waals surface area contributed by atoms with E-state index in [2.05, 4.69) is 26.8 Å². The monoisotopic (exact) mass is 249 g/mol. The van der Waals surface area contributed by atoms with Gasteiger partial charge >= 0.3 is 0 Å². The van der Waals surface area contributed by atoms with E-state index >= 15 is 0 Å². The van der Waals surface area contributed by atoms with Crippen LogP contribution >= 0.6 is 11.3 Å². The van der Waals surface area contributed by atoms with Gasteiger partial charge in [0.1, 0.15) is 10.6 Å². The molecule has 5 nitrogen and oxygen atoms in total. The number of nitrogens with one attached hydrogen (secondary N) is 2. The van der Waals surface area contributed by atoms with Crippen molar-refractivity contribution in [2.24, 2.45) is 5.84 Å². The van der Waals surface area contributed by atoms with Crippen LogP contribution in [0.15, 0.2) is 11.4 Å². The highest BCUT2D eigenvalue weighted by Crippen LogP contribution is 2.29. The summed E-state index contributed by atoms with van der Waals surface area (Å²) in [5.74, 6) is 6.76. The normalized spacial score (nSPS) is 16.5. The Morgan fingerprint density at radius 2 is 2.12 bits per heavy atom. The van der Waals surface area contributed by atoms with Gasteiger partial charge in [0, 0.05) is 6.04 Å². The quantitative estimate of drug-likeness (QED) is 0.575. The van der Waals surface area contributed by atoms with Crippen LogP contribution in [-0.2, 0) is 0 Å². The average Bonchev–Trinajstić information content (AvgIpc) is 2.98. The molecule has 0 atom stereocenters. The van der Waals surface area contributed by atoms with Crippen molar-refractivity contribution in [3.63, 3.8) is 0 Å². The number of hydrogen-bond donors (Lipinski definition) is 3. The first-order valence-corrected chi connectivity index (χ1v) is 6.73. The fourth-order valence-electron chi connectivity index (χ4n) is 2.29. The summed E-state index contributed by atoms with van der Waals surface area (Å²) in [6, 6.07) is 2.59. The van der Waals surface area contributed by atoms with E-state index in [1.54, 1.807) is 11.3 Å². The van der Waals surface area contributed by atoms with E-state index in [0.29, 0.717) is 12.0 Å². The van der Waals surface area contributed by atoms with E-state index in [1.165, 1.54) is 25.7 Å². The largest absolute Gasteiger partial charge is 0.367 e. The van der Waals surface area contributed by atoms with Crippen molar-refractivity contribution < 1.29 is 0 Å². The van der Waals surface area contributed by atoms with Gasteiger partial charge in [-0.05, 0) is 24.3 Å². The zero-order valence-electron chi connectivity index (χ0n) is 9.44. The van der Waals surface area contributed by atoms with E-state index in [9.17, 15) is 0 Å². The number of hydrazine groups is 1. The highest BCUT2D eigenvalue weighted by Gasteiger charge is 2.17. The molecule has 1 fully saturated rings. The molecule has 3 rings (SSSR count). The van der Waals surface area contributed by atoms with Crippen LogP contribution in [0.2, 0.25) is 0 Å². The number of anilines is 2. The molecule has 4 N–H and O–H groups in total. The molecule has 2 heterocycles. The van der Waals surface area contributed by atoms with Crippen LogP contribution in [0.1, 0.15) is 25.7 Å². The molecule has 0 saturated heterocycles. The minimum atomic E-state index is 0.473. The number of aromatic nitrogens is 2. The molecule has 2 aromatic rings. The molecule has 1 saturated carbocycles. The topological polar surface area (TPSA) is 75.9 Å². The van der Waals surface area contributed by atoms with Crippen LogP contribution in [0, 0.1) is 0 Å². The first kappa shape index (κ1) is 10.7. The Labute approximate surface area is 103 Å². The van der Waals surface area contributed by atoms with Crippen molar-refractivity contribution in [1.29, 1.82) is 0 Å². The number of rotatable bonds is 3. The summed E-state index contributed by atoms with van der Waals surface area (Å²) < 4.78 is 0. The van der Waals surface area contributed by atoms with Crippen molar-refractivity contribution in [1.82, 2.24) is 9.97 Å². The summed E-state index contributed by atoms with van der Waals surface area (Å²) in [5.41, 5.74) is 2.52. The standard InChI is InChI=1S/C11H15N5S/c12-16-11-14-9(13-7-3-1-2-4-7)8-5-6-17-10(8)15-11/h5-7H,1-4,12H2,(H2,13,14,15,16). The summed E-state index contributed by atoms with van der Waals surface area (Å²) >= 11 is 1.60. The third-order valence-electron chi connectivity index (χ3n) is 3.15. The lowest BCUT2D eigenvalue weighted by atomic mass is 10.2. The molecule has 0 aliphatic heterocycles. The van der Waals surface area contributed by atoms with Crippen LogP contribution in [0.25, 0.3) is 10.2 Å². The Morgan fingerprint density at radius 3 is 2.88 bits per heavy atom.